The number of hydrogen-bond donors (Lipinski definition) is 0. The van der Waals surface area contributed by atoms with Crippen LogP contribution in [0.2, 0.25) is 0 Å². The molecule has 0 aliphatic heterocycles. The van der Waals surface area contributed by atoms with E-state index in [2.05, 4.69) is 13.8 Å². The van der Waals surface area contributed by atoms with E-state index in [1.807, 2.05) is 0 Å². The maximum absolute atomic E-state index is 10.4. The van der Waals surface area contributed by atoms with Crippen molar-refractivity contribution in [1.29, 1.82) is 0 Å². The molecule has 2 unspecified atom stereocenters. The highest BCUT2D eigenvalue weighted by Gasteiger charge is 2.03. The van der Waals surface area contributed by atoms with Crippen molar-refractivity contribution in [2.24, 2.45) is 0 Å². The Labute approximate surface area is 68.3 Å². The van der Waals surface area contributed by atoms with E-state index in [0.717, 1.165) is 0 Å². The van der Waals surface area contributed by atoms with E-state index >= 15 is 0 Å². The highest BCUT2D eigenvalue weighted by atomic mass is 31.0. The van der Waals surface area contributed by atoms with Crippen LogP contribution in [0.3, 0.4) is 0 Å². The van der Waals surface area contributed by atoms with E-state index in [-0.39, 0.29) is 13.2 Å². The normalized spacial score (nSPS) is 8.91. The van der Waals surface area contributed by atoms with Crippen molar-refractivity contribution >= 4 is 30.9 Å². The van der Waals surface area contributed by atoms with Crippen molar-refractivity contribution < 1.29 is 23.4 Å². The van der Waals surface area contributed by atoms with Crippen LogP contribution in [-0.2, 0) is 23.4 Å². The first-order valence-electron chi connectivity index (χ1n) is 2.57. The van der Waals surface area contributed by atoms with Crippen LogP contribution in [0.15, 0.2) is 0 Å². The Kier molecular flexibility index (Phi) is 6.33. The Balaban J connectivity index is 3.27. The quantitative estimate of drug-likeness (QED) is 0.578. The first-order chi connectivity index (χ1) is 5.20. The zero-order chi connectivity index (χ0) is 8.69. The van der Waals surface area contributed by atoms with Gasteiger partial charge in [-0.2, -0.15) is 0 Å². The van der Waals surface area contributed by atoms with Crippen LogP contribution in [-0.4, -0.2) is 25.2 Å². The van der Waals surface area contributed by atoms with Crippen LogP contribution in [0.25, 0.3) is 0 Å². The smallest absolute Gasteiger partial charge is 0.334 e. The lowest BCUT2D eigenvalue weighted by atomic mass is 10.7. The highest BCUT2D eigenvalue weighted by Crippen LogP contribution is 1.90. The summed E-state index contributed by atoms with van der Waals surface area (Å²) in [6, 6.07) is 0. The molecule has 0 rings (SSSR count). The predicted molar refractivity (Wildman–Crippen MR) is 42.4 cm³/mol. The Hall–Kier alpha value is -0.240. The first-order valence-corrected chi connectivity index (χ1v) is 3.52. The van der Waals surface area contributed by atoms with Gasteiger partial charge in [-0.15, -0.1) is 0 Å². The average molecular weight is 198 g/mol. The molecule has 0 spiro atoms. The molecular formula is C4H8O5P2. The first kappa shape index (κ1) is 10.8. The van der Waals surface area contributed by atoms with Gasteiger partial charge in [-0.05, 0) is 0 Å². The summed E-state index contributed by atoms with van der Waals surface area (Å²) in [4.78, 5) is 20.7. The topological polar surface area (TPSA) is 61.8 Å². The second-order valence-electron chi connectivity index (χ2n) is 1.47. The molecule has 0 bridgehead atoms. The summed E-state index contributed by atoms with van der Waals surface area (Å²) in [5.74, 6) is -1.13. The molecule has 64 valence electrons. The van der Waals surface area contributed by atoms with Gasteiger partial charge < -0.3 is 13.8 Å². The van der Waals surface area contributed by atoms with Crippen molar-refractivity contribution in [1.82, 2.24) is 0 Å². The molecule has 0 fully saturated rings. The molecule has 5 nitrogen and oxygen atoms in total. The highest BCUT2D eigenvalue weighted by molar-refractivity contribution is 7.11. The fourth-order valence-electron chi connectivity index (χ4n) is 0.286. The van der Waals surface area contributed by atoms with Gasteiger partial charge in [0.25, 0.3) is 0 Å². The van der Waals surface area contributed by atoms with E-state index < -0.39 is 11.9 Å². The lowest BCUT2D eigenvalue weighted by molar-refractivity contribution is -0.144. The van der Waals surface area contributed by atoms with E-state index in [9.17, 15) is 9.59 Å². The van der Waals surface area contributed by atoms with Gasteiger partial charge in [-0.25, -0.2) is 9.59 Å². The minimum Gasteiger partial charge on any atom is -0.450 e. The molecule has 0 amide bonds. The van der Waals surface area contributed by atoms with Crippen molar-refractivity contribution in [3.63, 3.8) is 0 Å². The second kappa shape index (κ2) is 6.47. The number of rotatable bonds is 4. The largest absolute Gasteiger partial charge is 0.450 e. The average Bonchev–Trinajstić information content (AvgIpc) is 2.04. The summed E-state index contributed by atoms with van der Waals surface area (Å²) < 4.78 is 12.9. The van der Waals surface area contributed by atoms with Crippen molar-refractivity contribution in [2.45, 2.75) is 0 Å². The van der Waals surface area contributed by atoms with Crippen LogP contribution in [0.5, 0.6) is 0 Å². The van der Waals surface area contributed by atoms with Crippen molar-refractivity contribution in [3.05, 3.63) is 0 Å². The summed E-state index contributed by atoms with van der Waals surface area (Å²) >= 11 is 0. The monoisotopic (exact) mass is 198 g/mol. The van der Waals surface area contributed by atoms with E-state index in [1.165, 1.54) is 0 Å². The molecule has 2 atom stereocenters. The minimum absolute atomic E-state index is 0.261. The standard InChI is InChI=1S/C4H8O5P2/c5-3(8-10)1-7-2-4(6)9-11/h1-2,10-11H2. The summed E-state index contributed by atoms with van der Waals surface area (Å²) in [6.45, 7) is -0.521. The number of carbonyl (C=O) groups excluding carboxylic acids is 2. The maximum Gasteiger partial charge on any atom is 0.334 e. The summed E-state index contributed by atoms with van der Waals surface area (Å²) in [6.07, 6.45) is 0. The molecular weight excluding hydrogens is 190 g/mol. The van der Waals surface area contributed by atoms with E-state index in [4.69, 9.17) is 0 Å². The third kappa shape index (κ3) is 6.17. The van der Waals surface area contributed by atoms with Gasteiger partial charge in [0.15, 0.2) is 0 Å². The fourth-order valence-corrected chi connectivity index (χ4v) is 0.422. The molecule has 0 heterocycles. The van der Waals surface area contributed by atoms with Crippen LogP contribution in [0.4, 0.5) is 0 Å². The zero-order valence-corrected chi connectivity index (χ0v) is 7.92. The molecule has 0 N–H and O–H groups in total. The van der Waals surface area contributed by atoms with Gasteiger partial charge in [0, 0.05) is 0 Å². The van der Waals surface area contributed by atoms with E-state index in [1.54, 1.807) is 18.9 Å². The fraction of sp³-hybridized carbons (Fsp3) is 0.500. The van der Waals surface area contributed by atoms with Crippen LogP contribution in [0.1, 0.15) is 0 Å². The third-order valence-electron chi connectivity index (χ3n) is 0.703. The molecule has 0 radical (unpaired) electrons. The van der Waals surface area contributed by atoms with Crippen molar-refractivity contribution in [3.8, 4) is 0 Å². The SMILES string of the molecule is O=C(COCC(=O)OP)OP. The number of hydrogen-bond acceptors (Lipinski definition) is 5. The molecule has 0 aromatic heterocycles. The second-order valence-corrected chi connectivity index (χ2v) is 1.94. The van der Waals surface area contributed by atoms with Gasteiger partial charge in [0.1, 0.15) is 13.2 Å². The third-order valence-corrected chi connectivity index (χ3v) is 1.23. The Bertz CT molecular complexity index is 131. The van der Waals surface area contributed by atoms with Crippen molar-refractivity contribution in [2.75, 3.05) is 13.2 Å². The number of ether oxygens (including phenoxy) is 1. The maximum atomic E-state index is 10.4. The van der Waals surface area contributed by atoms with Gasteiger partial charge >= 0.3 is 11.9 Å². The van der Waals surface area contributed by atoms with Gasteiger partial charge in [-0.3, -0.25) is 0 Å². The lowest BCUT2D eigenvalue weighted by Crippen LogP contribution is -2.14. The van der Waals surface area contributed by atoms with Crippen LogP contribution in [0, 0.1) is 0 Å². The van der Waals surface area contributed by atoms with Gasteiger partial charge in [-0.1, -0.05) is 0 Å². The number of carbonyl (C=O) groups is 2. The molecule has 0 aromatic rings. The summed E-state index contributed by atoms with van der Waals surface area (Å²) in [5.41, 5.74) is 0. The van der Waals surface area contributed by atoms with Gasteiger partial charge in [0.2, 0.25) is 0 Å². The van der Waals surface area contributed by atoms with Gasteiger partial charge in [0.05, 0.1) is 18.9 Å². The molecule has 11 heavy (non-hydrogen) atoms. The molecule has 0 aliphatic rings. The molecule has 7 heteroatoms. The Morgan fingerprint density at radius 1 is 1.00 bits per heavy atom. The molecule has 0 aromatic carbocycles. The van der Waals surface area contributed by atoms with Crippen LogP contribution >= 0.6 is 18.9 Å². The Morgan fingerprint density at radius 2 is 1.36 bits per heavy atom. The molecule has 0 saturated carbocycles. The summed E-state index contributed by atoms with van der Waals surface area (Å²) in [7, 11) is 3.55. The zero-order valence-electron chi connectivity index (χ0n) is 5.61. The minimum atomic E-state index is -0.563. The van der Waals surface area contributed by atoms with Crippen LogP contribution < -0.4 is 0 Å². The van der Waals surface area contributed by atoms with E-state index in [0.29, 0.717) is 0 Å². The molecule has 0 aliphatic carbocycles. The Morgan fingerprint density at radius 3 is 1.64 bits per heavy atom. The lowest BCUT2D eigenvalue weighted by Gasteiger charge is -1.99. The summed E-state index contributed by atoms with van der Waals surface area (Å²) in [5, 5.41) is 0. The predicted octanol–water partition coefficient (Wildman–Crippen LogP) is -0.330. The molecule has 0 saturated heterocycles.